The van der Waals surface area contributed by atoms with Crippen molar-refractivity contribution in [1.29, 1.82) is 0 Å². The zero-order valence-corrected chi connectivity index (χ0v) is 11.5. The fourth-order valence-corrected chi connectivity index (χ4v) is 2.98. The minimum atomic E-state index is -0.720. The van der Waals surface area contributed by atoms with Crippen LogP contribution in [0.4, 0.5) is 0 Å². The molecule has 0 aliphatic carbocycles. The van der Waals surface area contributed by atoms with E-state index in [1.807, 2.05) is 32.2 Å². The van der Waals surface area contributed by atoms with Gasteiger partial charge in [0.05, 0.1) is 5.92 Å². The highest BCUT2D eigenvalue weighted by Crippen LogP contribution is 2.33. The van der Waals surface area contributed by atoms with Crippen LogP contribution in [0.15, 0.2) is 15.9 Å². The maximum Gasteiger partial charge on any atom is 0.307 e. The quantitative estimate of drug-likeness (QED) is 0.919. The molecule has 15 heavy (non-hydrogen) atoms. The van der Waals surface area contributed by atoms with Crippen LogP contribution in [-0.2, 0) is 11.2 Å². The standard InChI is InChI=1S/C11H15BrO2S/c1-11(2,3)7(10(13)14)6-9-8(12)4-5-15-9/h4-5,7H,6H2,1-3H3,(H,13,14). The van der Waals surface area contributed by atoms with Gasteiger partial charge in [-0.3, -0.25) is 4.79 Å². The summed E-state index contributed by atoms with van der Waals surface area (Å²) in [6.07, 6.45) is 0.594. The van der Waals surface area contributed by atoms with Gasteiger partial charge in [-0.2, -0.15) is 0 Å². The SMILES string of the molecule is CC(C)(C)C(Cc1sccc1Br)C(=O)O. The average Bonchev–Trinajstić information content (AvgIpc) is 2.44. The van der Waals surface area contributed by atoms with Crippen LogP contribution in [0.5, 0.6) is 0 Å². The van der Waals surface area contributed by atoms with Crippen LogP contribution < -0.4 is 0 Å². The molecule has 0 aromatic carbocycles. The molecule has 1 aromatic rings. The van der Waals surface area contributed by atoms with E-state index in [9.17, 15) is 9.90 Å². The van der Waals surface area contributed by atoms with E-state index in [1.54, 1.807) is 11.3 Å². The molecule has 0 saturated heterocycles. The largest absolute Gasteiger partial charge is 0.481 e. The van der Waals surface area contributed by atoms with Gasteiger partial charge in [0.15, 0.2) is 0 Å². The Bertz CT molecular complexity index is 352. The second kappa shape index (κ2) is 4.66. The maximum absolute atomic E-state index is 11.2. The Morgan fingerprint density at radius 1 is 1.60 bits per heavy atom. The molecule has 1 unspecified atom stereocenters. The molecule has 0 aliphatic heterocycles. The van der Waals surface area contributed by atoms with Gasteiger partial charge in [0.2, 0.25) is 0 Å². The number of hydrogen-bond acceptors (Lipinski definition) is 2. The van der Waals surface area contributed by atoms with Gasteiger partial charge < -0.3 is 5.11 Å². The predicted molar refractivity (Wildman–Crippen MR) is 66.3 cm³/mol. The molecule has 0 bridgehead atoms. The van der Waals surface area contributed by atoms with Crippen molar-refractivity contribution >= 4 is 33.2 Å². The van der Waals surface area contributed by atoms with Crippen molar-refractivity contribution in [2.24, 2.45) is 11.3 Å². The van der Waals surface area contributed by atoms with Crippen molar-refractivity contribution in [2.45, 2.75) is 27.2 Å². The van der Waals surface area contributed by atoms with Crippen molar-refractivity contribution in [3.05, 3.63) is 20.8 Å². The number of halogens is 1. The van der Waals surface area contributed by atoms with E-state index >= 15 is 0 Å². The van der Waals surface area contributed by atoms with E-state index in [2.05, 4.69) is 15.9 Å². The van der Waals surface area contributed by atoms with E-state index in [4.69, 9.17) is 0 Å². The molecule has 0 fully saturated rings. The van der Waals surface area contributed by atoms with Gasteiger partial charge in [-0.1, -0.05) is 20.8 Å². The van der Waals surface area contributed by atoms with Gasteiger partial charge >= 0.3 is 5.97 Å². The fourth-order valence-electron chi connectivity index (χ4n) is 1.42. The Morgan fingerprint density at radius 3 is 2.53 bits per heavy atom. The predicted octanol–water partition coefficient (Wildman–Crippen LogP) is 3.80. The normalized spacial score (nSPS) is 13.9. The number of carbonyl (C=O) groups is 1. The summed E-state index contributed by atoms with van der Waals surface area (Å²) in [5, 5.41) is 11.2. The Kier molecular flexibility index (Phi) is 3.95. The monoisotopic (exact) mass is 290 g/mol. The van der Waals surface area contributed by atoms with Crippen LogP contribution >= 0.6 is 27.3 Å². The van der Waals surface area contributed by atoms with E-state index in [0.717, 1.165) is 9.35 Å². The van der Waals surface area contributed by atoms with E-state index in [1.165, 1.54) is 0 Å². The lowest BCUT2D eigenvalue weighted by Crippen LogP contribution is -2.30. The molecule has 1 rings (SSSR count). The second-order valence-corrected chi connectivity index (χ2v) is 6.51. The molecule has 1 heterocycles. The highest BCUT2D eigenvalue weighted by Gasteiger charge is 2.31. The van der Waals surface area contributed by atoms with E-state index in [0.29, 0.717) is 6.42 Å². The summed E-state index contributed by atoms with van der Waals surface area (Å²) in [6.45, 7) is 5.90. The fraction of sp³-hybridized carbons (Fsp3) is 0.545. The number of rotatable bonds is 3. The zero-order chi connectivity index (χ0) is 11.6. The molecule has 0 aliphatic rings. The molecule has 0 amide bonds. The molecular formula is C11H15BrO2S. The van der Waals surface area contributed by atoms with Crippen molar-refractivity contribution in [1.82, 2.24) is 0 Å². The summed E-state index contributed by atoms with van der Waals surface area (Å²) in [5.41, 5.74) is -0.213. The van der Waals surface area contributed by atoms with Crippen molar-refractivity contribution < 1.29 is 9.90 Å². The zero-order valence-electron chi connectivity index (χ0n) is 9.08. The number of aliphatic carboxylic acids is 1. The third kappa shape index (κ3) is 3.31. The third-order valence-corrected chi connectivity index (χ3v) is 4.37. The topological polar surface area (TPSA) is 37.3 Å². The van der Waals surface area contributed by atoms with Crippen LogP contribution in [0.2, 0.25) is 0 Å². The molecule has 0 saturated carbocycles. The van der Waals surface area contributed by atoms with Crippen LogP contribution in [0.3, 0.4) is 0 Å². The molecule has 4 heteroatoms. The second-order valence-electron chi connectivity index (χ2n) is 4.65. The first kappa shape index (κ1) is 12.7. The minimum absolute atomic E-state index is 0.213. The molecule has 0 spiro atoms. The van der Waals surface area contributed by atoms with Crippen LogP contribution in [0.25, 0.3) is 0 Å². The Balaban J connectivity index is 2.86. The highest BCUT2D eigenvalue weighted by atomic mass is 79.9. The summed E-state index contributed by atoms with van der Waals surface area (Å²) in [7, 11) is 0. The van der Waals surface area contributed by atoms with Crippen molar-refractivity contribution in [2.75, 3.05) is 0 Å². The minimum Gasteiger partial charge on any atom is -0.481 e. The highest BCUT2D eigenvalue weighted by molar-refractivity contribution is 9.10. The lowest BCUT2D eigenvalue weighted by molar-refractivity contribution is -0.145. The number of carboxylic acids is 1. The van der Waals surface area contributed by atoms with Crippen LogP contribution in [-0.4, -0.2) is 11.1 Å². The average molecular weight is 291 g/mol. The Hall–Kier alpha value is -0.350. The molecule has 1 N–H and O–H groups in total. The lowest BCUT2D eigenvalue weighted by Gasteiger charge is -2.26. The van der Waals surface area contributed by atoms with Crippen molar-refractivity contribution in [3.8, 4) is 0 Å². The van der Waals surface area contributed by atoms with Gasteiger partial charge in [-0.15, -0.1) is 11.3 Å². The van der Waals surface area contributed by atoms with Crippen molar-refractivity contribution in [3.63, 3.8) is 0 Å². The summed E-state index contributed by atoms with van der Waals surface area (Å²) in [6, 6.07) is 1.96. The van der Waals surface area contributed by atoms with Gasteiger partial charge in [0, 0.05) is 9.35 Å². The Labute approximate surface area is 102 Å². The van der Waals surface area contributed by atoms with Crippen LogP contribution in [0.1, 0.15) is 25.6 Å². The Morgan fingerprint density at radius 2 is 2.20 bits per heavy atom. The molecule has 1 atom stereocenters. The molecular weight excluding hydrogens is 276 g/mol. The first-order valence-corrected chi connectivity index (χ1v) is 6.44. The third-order valence-electron chi connectivity index (χ3n) is 2.42. The summed E-state index contributed by atoms with van der Waals surface area (Å²) >= 11 is 5.03. The summed E-state index contributed by atoms with van der Waals surface area (Å²) < 4.78 is 1.02. The maximum atomic E-state index is 11.2. The first-order chi connectivity index (χ1) is 6.82. The molecule has 1 aromatic heterocycles. The number of carboxylic acid groups (broad SMARTS) is 1. The summed E-state index contributed by atoms with van der Waals surface area (Å²) in [5.74, 6) is -1.06. The summed E-state index contributed by atoms with van der Waals surface area (Å²) in [4.78, 5) is 12.3. The van der Waals surface area contributed by atoms with Gasteiger partial charge in [-0.25, -0.2) is 0 Å². The van der Waals surface area contributed by atoms with Gasteiger partial charge in [-0.05, 0) is 39.2 Å². The lowest BCUT2D eigenvalue weighted by atomic mass is 9.78. The smallest absolute Gasteiger partial charge is 0.307 e. The number of thiophene rings is 1. The van der Waals surface area contributed by atoms with Gasteiger partial charge in [0.1, 0.15) is 0 Å². The van der Waals surface area contributed by atoms with Crippen LogP contribution in [0, 0.1) is 11.3 Å². The molecule has 84 valence electrons. The van der Waals surface area contributed by atoms with E-state index in [-0.39, 0.29) is 11.3 Å². The first-order valence-electron chi connectivity index (χ1n) is 4.77. The molecule has 2 nitrogen and oxygen atoms in total. The molecule has 0 radical (unpaired) electrons. The van der Waals surface area contributed by atoms with Gasteiger partial charge in [0.25, 0.3) is 0 Å². The van der Waals surface area contributed by atoms with E-state index < -0.39 is 5.97 Å². The number of hydrogen-bond donors (Lipinski definition) is 1.